The first-order chi connectivity index (χ1) is 40.0. The Labute approximate surface area is 506 Å². The largest absolute Gasteiger partial charge is 0.472 e. The van der Waals surface area contributed by atoms with E-state index in [1.807, 2.05) is 21.1 Å². The molecule has 0 bridgehead atoms. The number of aliphatic hydroxyl groups is 1. The molecule has 1 amide bonds. The number of quaternary nitrogens is 1. The molecule has 0 aliphatic heterocycles. The van der Waals surface area contributed by atoms with Gasteiger partial charge in [-0.15, -0.1) is 0 Å². The standard InChI is InChI=1S/C73H127N2O6P/c1-6-8-10-12-14-16-18-20-22-24-26-28-30-31-32-33-34-35-36-37-38-39-40-41-42-43-45-47-49-51-53-55-57-59-61-63-65-67-73(77)74-71(70-81-82(78,79)80-69-68-75(3,4)5)72(76)66-64-62-60-58-56-54-52-50-48-46-44-29-27-25-23-21-19-17-15-13-11-9-7-2/h8,10,14,16,20,22,26,28,31-32,34-35,37-38,40-41,43,45,49,51,55,57,71-72,76H,6-7,9,11-13,15,17-19,21,23-25,27,29-30,33,36,39,42,44,46-48,50,52-54,56,58-70H2,1-5H3,(H-,74,77,78,79)/p+1/b10-8-,16-14-,22-20-,28-26-,32-31-,35-34-,38-37-,41-40-,45-43-,51-49-,57-55-. The highest BCUT2D eigenvalue weighted by molar-refractivity contribution is 7.47. The number of nitrogens with zero attached hydrogens (tertiary/aromatic N) is 1. The predicted octanol–water partition coefficient (Wildman–Crippen LogP) is 21.4. The van der Waals surface area contributed by atoms with Gasteiger partial charge >= 0.3 is 7.82 Å². The number of unbranched alkanes of at least 4 members (excludes halogenated alkanes) is 25. The Balaban J connectivity index is 4.21. The van der Waals surface area contributed by atoms with Crippen molar-refractivity contribution in [3.63, 3.8) is 0 Å². The van der Waals surface area contributed by atoms with Crippen molar-refractivity contribution >= 4 is 13.7 Å². The van der Waals surface area contributed by atoms with Crippen LogP contribution >= 0.6 is 7.82 Å². The third-order valence-electron chi connectivity index (χ3n) is 14.4. The van der Waals surface area contributed by atoms with Gasteiger partial charge in [0.25, 0.3) is 0 Å². The summed E-state index contributed by atoms with van der Waals surface area (Å²) in [6.07, 6.45) is 93.9. The minimum Gasteiger partial charge on any atom is -0.391 e. The van der Waals surface area contributed by atoms with E-state index in [2.05, 4.69) is 153 Å². The van der Waals surface area contributed by atoms with Crippen LogP contribution < -0.4 is 5.32 Å². The second-order valence-corrected chi connectivity index (χ2v) is 24.9. The first-order valence-electron chi connectivity index (χ1n) is 33.5. The van der Waals surface area contributed by atoms with Crippen LogP contribution in [0.15, 0.2) is 134 Å². The molecule has 8 nitrogen and oxygen atoms in total. The van der Waals surface area contributed by atoms with Crippen molar-refractivity contribution < 1.29 is 32.9 Å². The van der Waals surface area contributed by atoms with Crippen LogP contribution in [0.4, 0.5) is 0 Å². The van der Waals surface area contributed by atoms with Crippen LogP contribution in [0.2, 0.25) is 0 Å². The molecule has 9 heteroatoms. The number of nitrogens with one attached hydrogen (secondary N) is 1. The van der Waals surface area contributed by atoms with Gasteiger partial charge in [-0.25, -0.2) is 4.57 Å². The van der Waals surface area contributed by atoms with Crippen molar-refractivity contribution in [1.29, 1.82) is 0 Å². The lowest BCUT2D eigenvalue weighted by atomic mass is 10.0. The van der Waals surface area contributed by atoms with Crippen molar-refractivity contribution in [2.75, 3.05) is 40.9 Å². The number of allylic oxidation sites excluding steroid dienone is 22. The summed E-state index contributed by atoms with van der Waals surface area (Å²) in [4.78, 5) is 23.4. The molecule has 0 fully saturated rings. The van der Waals surface area contributed by atoms with Gasteiger partial charge in [0, 0.05) is 6.42 Å². The average molecular weight is 1160 g/mol. The monoisotopic (exact) mass is 1160 g/mol. The number of aliphatic hydroxyl groups excluding tert-OH is 1. The Kier molecular flexibility index (Phi) is 59.6. The number of hydrogen-bond donors (Lipinski definition) is 3. The third-order valence-corrected chi connectivity index (χ3v) is 15.4. The molecule has 3 atom stereocenters. The summed E-state index contributed by atoms with van der Waals surface area (Å²) in [6, 6.07) is -0.790. The number of carbonyl (C=O) groups is 1. The van der Waals surface area contributed by atoms with E-state index < -0.39 is 20.0 Å². The van der Waals surface area contributed by atoms with Gasteiger partial charge in [-0.3, -0.25) is 13.8 Å². The molecule has 0 aliphatic carbocycles. The lowest BCUT2D eigenvalue weighted by Crippen LogP contribution is -2.46. The molecule has 0 heterocycles. The Morgan fingerprint density at radius 2 is 0.732 bits per heavy atom. The number of phosphoric ester groups is 1. The Bertz CT molecular complexity index is 1800. The minimum atomic E-state index is -4.35. The lowest BCUT2D eigenvalue weighted by molar-refractivity contribution is -0.870. The van der Waals surface area contributed by atoms with E-state index in [-0.39, 0.29) is 19.1 Å². The number of amides is 1. The summed E-state index contributed by atoms with van der Waals surface area (Å²) in [7, 11) is 1.58. The lowest BCUT2D eigenvalue weighted by Gasteiger charge is -2.26. The molecule has 0 saturated heterocycles. The van der Waals surface area contributed by atoms with Gasteiger partial charge in [0.2, 0.25) is 5.91 Å². The molecule has 0 aromatic heterocycles. The summed E-state index contributed by atoms with van der Waals surface area (Å²) < 4.78 is 23.8. The highest BCUT2D eigenvalue weighted by atomic mass is 31.2. The summed E-state index contributed by atoms with van der Waals surface area (Å²) in [6.45, 7) is 4.76. The number of carbonyl (C=O) groups excluding carboxylic acids is 1. The number of rotatable bonds is 60. The molecule has 0 aliphatic rings. The van der Waals surface area contributed by atoms with Crippen molar-refractivity contribution in [2.24, 2.45) is 0 Å². The molecule has 470 valence electrons. The fourth-order valence-electron chi connectivity index (χ4n) is 9.23. The molecule has 0 spiro atoms. The van der Waals surface area contributed by atoms with E-state index in [0.717, 1.165) is 116 Å². The van der Waals surface area contributed by atoms with E-state index in [4.69, 9.17) is 9.05 Å². The van der Waals surface area contributed by atoms with Crippen LogP contribution in [0.1, 0.15) is 271 Å². The first-order valence-corrected chi connectivity index (χ1v) is 35.0. The fourth-order valence-corrected chi connectivity index (χ4v) is 9.96. The van der Waals surface area contributed by atoms with Gasteiger partial charge in [0.1, 0.15) is 13.2 Å². The van der Waals surface area contributed by atoms with Crippen LogP contribution in [0.5, 0.6) is 0 Å². The maximum absolute atomic E-state index is 13.0. The normalized spacial score (nSPS) is 14.6. The fraction of sp³-hybridized carbons (Fsp3) is 0.685. The third kappa shape index (κ3) is 64.2. The second-order valence-electron chi connectivity index (χ2n) is 23.5. The smallest absolute Gasteiger partial charge is 0.391 e. The zero-order valence-corrected chi connectivity index (χ0v) is 54.6. The molecule has 0 aromatic carbocycles. The topological polar surface area (TPSA) is 105 Å². The van der Waals surface area contributed by atoms with E-state index in [1.54, 1.807) is 0 Å². The zero-order valence-electron chi connectivity index (χ0n) is 53.7. The van der Waals surface area contributed by atoms with E-state index in [0.29, 0.717) is 23.9 Å². The Morgan fingerprint density at radius 3 is 1.06 bits per heavy atom. The Hall–Kier alpha value is -3.36. The van der Waals surface area contributed by atoms with Crippen molar-refractivity contribution in [2.45, 2.75) is 283 Å². The Morgan fingerprint density at radius 1 is 0.427 bits per heavy atom. The molecule has 3 unspecified atom stereocenters. The van der Waals surface area contributed by atoms with Gasteiger partial charge in [0.05, 0.1) is 39.9 Å². The molecule has 3 N–H and O–H groups in total. The van der Waals surface area contributed by atoms with Gasteiger partial charge < -0.3 is 19.8 Å². The summed E-state index contributed by atoms with van der Waals surface area (Å²) >= 11 is 0. The SMILES string of the molecule is CC/C=C\C/C=C\C/C=C\C/C=C\C/C=C\C/C=C\C/C=C\C/C=C\C/C=C\C/C=C\C/C=C\CCCCCC(=O)NC(COP(=O)(O)OCC[N+](C)(C)C)C(O)CCCCCCCCCCCCCCCCCCCCCCCCC. The van der Waals surface area contributed by atoms with E-state index in [9.17, 15) is 19.4 Å². The van der Waals surface area contributed by atoms with Crippen LogP contribution in [0.25, 0.3) is 0 Å². The number of phosphoric acid groups is 1. The van der Waals surface area contributed by atoms with Crippen LogP contribution in [-0.4, -0.2) is 73.4 Å². The predicted molar refractivity (Wildman–Crippen MR) is 359 cm³/mol. The van der Waals surface area contributed by atoms with Gasteiger partial charge in [-0.1, -0.05) is 302 Å². The summed E-state index contributed by atoms with van der Waals surface area (Å²) in [5.41, 5.74) is 0. The highest BCUT2D eigenvalue weighted by Gasteiger charge is 2.28. The quantitative estimate of drug-likeness (QED) is 0.0243. The second kappa shape index (κ2) is 62.2. The first kappa shape index (κ1) is 78.6. The van der Waals surface area contributed by atoms with Crippen LogP contribution in [0.3, 0.4) is 0 Å². The van der Waals surface area contributed by atoms with E-state index in [1.165, 1.54) is 128 Å². The minimum absolute atomic E-state index is 0.0612. The van der Waals surface area contributed by atoms with Crippen molar-refractivity contribution in [3.05, 3.63) is 134 Å². The summed E-state index contributed by atoms with van der Waals surface area (Å²) in [5.74, 6) is -0.179. The molecule has 82 heavy (non-hydrogen) atoms. The van der Waals surface area contributed by atoms with Crippen LogP contribution in [-0.2, 0) is 18.4 Å². The van der Waals surface area contributed by atoms with Gasteiger partial charge in [-0.05, 0) is 96.3 Å². The van der Waals surface area contributed by atoms with Gasteiger partial charge in [0.15, 0.2) is 0 Å². The molecule has 0 aromatic rings. The molecular formula is C73H128N2O6P+. The van der Waals surface area contributed by atoms with Crippen molar-refractivity contribution in [3.8, 4) is 0 Å². The van der Waals surface area contributed by atoms with Crippen LogP contribution in [0, 0.1) is 0 Å². The van der Waals surface area contributed by atoms with Crippen molar-refractivity contribution in [1.82, 2.24) is 5.32 Å². The summed E-state index contributed by atoms with van der Waals surface area (Å²) in [5, 5.41) is 14.1. The molecule has 0 rings (SSSR count). The molecular weight excluding hydrogens is 1030 g/mol. The number of likely N-dealkylation sites (N-methyl/N-ethyl adjacent to an activating group) is 1. The van der Waals surface area contributed by atoms with E-state index >= 15 is 0 Å². The highest BCUT2D eigenvalue weighted by Crippen LogP contribution is 2.43. The van der Waals surface area contributed by atoms with Gasteiger partial charge in [-0.2, -0.15) is 0 Å². The molecule has 0 saturated carbocycles. The number of hydrogen-bond acceptors (Lipinski definition) is 5. The molecule has 0 radical (unpaired) electrons. The maximum Gasteiger partial charge on any atom is 0.472 e. The zero-order chi connectivity index (χ0) is 59.8. The maximum atomic E-state index is 13.0. The average Bonchev–Trinajstić information content (AvgIpc) is 3.47.